The van der Waals surface area contributed by atoms with Gasteiger partial charge in [0.25, 0.3) is 0 Å². The summed E-state index contributed by atoms with van der Waals surface area (Å²) in [7, 11) is 0. The molecule has 0 bridgehead atoms. The third-order valence-electron chi connectivity index (χ3n) is 3.09. The van der Waals surface area contributed by atoms with Crippen LogP contribution in [-0.2, 0) is 9.53 Å². The monoisotopic (exact) mass is 335 g/mol. The highest BCUT2D eigenvalue weighted by Gasteiger charge is 2.35. The molecule has 0 saturated carbocycles. The lowest BCUT2D eigenvalue weighted by Gasteiger charge is -2.17. The number of benzene rings is 1. The zero-order valence-electron chi connectivity index (χ0n) is 11.8. The van der Waals surface area contributed by atoms with Gasteiger partial charge in [-0.3, -0.25) is 14.9 Å². The maximum Gasteiger partial charge on any atom is 0.324 e. The largest absolute Gasteiger partial charge is 0.445 e. The standard InChI is InChI=1S/C14H10FN3O4S/c1-8(19)17-14(11-6-7-12(23-11)18(20)21)22-13(16-17)9-2-4-10(15)5-3-9/h2-7,14H,1H3/t14-/m0/s1. The van der Waals surface area contributed by atoms with Crippen molar-refractivity contribution in [1.82, 2.24) is 5.01 Å². The number of hydrazone groups is 1. The van der Waals surface area contributed by atoms with Crippen molar-refractivity contribution in [3.63, 3.8) is 0 Å². The smallest absolute Gasteiger partial charge is 0.324 e. The molecule has 1 amide bonds. The van der Waals surface area contributed by atoms with Gasteiger partial charge in [-0.25, -0.2) is 4.39 Å². The van der Waals surface area contributed by atoms with Crippen molar-refractivity contribution < 1.29 is 18.8 Å². The molecule has 0 radical (unpaired) electrons. The van der Waals surface area contributed by atoms with Crippen LogP contribution in [0.15, 0.2) is 41.5 Å². The van der Waals surface area contributed by atoms with Gasteiger partial charge in [-0.1, -0.05) is 11.3 Å². The molecule has 0 spiro atoms. The highest BCUT2D eigenvalue weighted by Crippen LogP contribution is 2.36. The summed E-state index contributed by atoms with van der Waals surface area (Å²) < 4.78 is 18.7. The number of halogens is 1. The summed E-state index contributed by atoms with van der Waals surface area (Å²) in [6, 6.07) is 8.33. The van der Waals surface area contributed by atoms with E-state index in [0.29, 0.717) is 10.4 Å². The Morgan fingerprint density at radius 1 is 1.35 bits per heavy atom. The molecule has 118 valence electrons. The second-order valence-corrected chi connectivity index (χ2v) is 5.77. The molecule has 23 heavy (non-hydrogen) atoms. The summed E-state index contributed by atoms with van der Waals surface area (Å²) in [6.45, 7) is 1.31. The molecule has 7 nitrogen and oxygen atoms in total. The lowest BCUT2D eigenvalue weighted by atomic mass is 10.2. The quantitative estimate of drug-likeness (QED) is 0.637. The summed E-state index contributed by atoms with van der Waals surface area (Å²) in [5.41, 5.74) is 0.506. The number of amides is 1. The molecule has 2 aromatic rings. The number of carbonyl (C=O) groups excluding carboxylic acids is 1. The molecule has 0 saturated heterocycles. The van der Waals surface area contributed by atoms with Gasteiger partial charge in [-0.15, -0.1) is 5.10 Å². The van der Waals surface area contributed by atoms with Gasteiger partial charge in [0.05, 0.1) is 9.80 Å². The van der Waals surface area contributed by atoms with Crippen molar-refractivity contribution >= 4 is 28.1 Å². The summed E-state index contributed by atoms with van der Waals surface area (Å²) in [5.74, 6) is -0.620. The van der Waals surface area contributed by atoms with Gasteiger partial charge in [-0.05, 0) is 30.3 Å². The fourth-order valence-corrected chi connectivity index (χ4v) is 2.87. The highest BCUT2D eigenvalue weighted by atomic mass is 32.1. The Morgan fingerprint density at radius 3 is 2.61 bits per heavy atom. The average Bonchev–Trinajstić information content (AvgIpc) is 3.14. The van der Waals surface area contributed by atoms with Crippen molar-refractivity contribution in [1.29, 1.82) is 0 Å². The van der Waals surface area contributed by atoms with Crippen LogP contribution in [0.1, 0.15) is 23.6 Å². The summed E-state index contributed by atoms with van der Waals surface area (Å²) >= 11 is 0.908. The SMILES string of the molecule is CC(=O)N1N=C(c2ccc(F)cc2)O[C@H]1c1ccc([N+](=O)[O-])s1. The van der Waals surface area contributed by atoms with Gasteiger partial charge < -0.3 is 4.74 Å². The van der Waals surface area contributed by atoms with E-state index < -0.39 is 17.0 Å². The molecular weight excluding hydrogens is 325 g/mol. The van der Waals surface area contributed by atoms with Crippen LogP contribution < -0.4 is 0 Å². The Labute approximate surface area is 133 Å². The maximum atomic E-state index is 13.0. The fourth-order valence-electron chi connectivity index (χ4n) is 2.03. The second-order valence-electron chi connectivity index (χ2n) is 4.68. The molecule has 0 unspecified atom stereocenters. The van der Waals surface area contributed by atoms with Crippen molar-refractivity contribution in [2.24, 2.45) is 5.10 Å². The van der Waals surface area contributed by atoms with Crippen molar-refractivity contribution in [2.45, 2.75) is 13.2 Å². The minimum Gasteiger partial charge on any atom is -0.445 e. The fraction of sp³-hybridized carbons (Fsp3) is 0.143. The molecule has 9 heteroatoms. The van der Waals surface area contributed by atoms with Crippen molar-refractivity contribution in [3.05, 3.63) is 62.8 Å². The molecule has 0 fully saturated rings. The third kappa shape index (κ3) is 2.90. The van der Waals surface area contributed by atoms with Crippen LogP contribution in [0.25, 0.3) is 0 Å². The van der Waals surface area contributed by atoms with E-state index in [1.807, 2.05) is 0 Å². The van der Waals surface area contributed by atoms with Crippen molar-refractivity contribution in [2.75, 3.05) is 0 Å². The van der Waals surface area contributed by atoms with E-state index in [0.717, 1.165) is 16.3 Å². The van der Waals surface area contributed by atoms with Gasteiger partial charge in [0.15, 0.2) is 0 Å². The van der Waals surface area contributed by atoms with E-state index in [-0.39, 0.29) is 16.8 Å². The normalized spacial score (nSPS) is 16.9. The van der Waals surface area contributed by atoms with Crippen LogP contribution in [0, 0.1) is 15.9 Å². The van der Waals surface area contributed by atoms with E-state index in [2.05, 4.69) is 5.10 Å². The molecule has 1 atom stereocenters. The molecule has 1 aromatic heterocycles. The van der Waals surface area contributed by atoms with Gasteiger partial charge in [0.2, 0.25) is 18.0 Å². The Bertz CT molecular complexity index is 803. The first-order valence-electron chi connectivity index (χ1n) is 6.51. The van der Waals surface area contributed by atoms with E-state index in [1.165, 1.54) is 43.3 Å². The average molecular weight is 335 g/mol. The van der Waals surface area contributed by atoms with E-state index in [1.54, 1.807) is 0 Å². The predicted molar refractivity (Wildman–Crippen MR) is 80.3 cm³/mol. The number of nitro groups is 1. The van der Waals surface area contributed by atoms with Crippen molar-refractivity contribution in [3.8, 4) is 0 Å². The van der Waals surface area contributed by atoms with Gasteiger partial charge >= 0.3 is 5.00 Å². The molecule has 0 aliphatic carbocycles. The number of hydrogen-bond donors (Lipinski definition) is 0. The Morgan fingerprint density at radius 2 is 2.04 bits per heavy atom. The summed E-state index contributed by atoms with van der Waals surface area (Å²) in [5, 5.41) is 15.9. The minimum absolute atomic E-state index is 0.0534. The van der Waals surface area contributed by atoms with Crippen LogP contribution in [0.3, 0.4) is 0 Å². The lowest BCUT2D eigenvalue weighted by Crippen LogP contribution is -2.24. The molecule has 3 rings (SSSR count). The highest BCUT2D eigenvalue weighted by molar-refractivity contribution is 7.15. The number of carbonyl (C=O) groups is 1. The molecule has 1 aliphatic heterocycles. The third-order valence-corrected chi connectivity index (χ3v) is 4.16. The van der Waals surface area contributed by atoms with Gasteiger partial charge in [0.1, 0.15) is 5.82 Å². The first-order chi connectivity index (χ1) is 11.0. The van der Waals surface area contributed by atoms with Crippen LogP contribution in [0.2, 0.25) is 0 Å². The Hall–Kier alpha value is -2.81. The summed E-state index contributed by atoms with van der Waals surface area (Å²) in [4.78, 5) is 22.5. The molecule has 1 aromatic carbocycles. The van der Waals surface area contributed by atoms with Crippen LogP contribution >= 0.6 is 11.3 Å². The number of ether oxygens (including phenoxy) is 1. The topological polar surface area (TPSA) is 85.0 Å². The first kappa shape index (κ1) is 15.1. The Kier molecular flexibility index (Phi) is 3.78. The molecule has 2 heterocycles. The minimum atomic E-state index is -0.869. The van der Waals surface area contributed by atoms with Gasteiger partial charge in [0, 0.05) is 18.6 Å². The van der Waals surface area contributed by atoms with E-state index >= 15 is 0 Å². The summed E-state index contributed by atoms with van der Waals surface area (Å²) in [6.07, 6.45) is -0.869. The molecule has 0 N–H and O–H groups in total. The first-order valence-corrected chi connectivity index (χ1v) is 7.32. The van der Waals surface area contributed by atoms with E-state index in [9.17, 15) is 19.3 Å². The number of rotatable bonds is 3. The number of hydrogen-bond acceptors (Lipinski definition) is 6. The van der Waals surface area contributed by atoms with Crippen LogP contribution in [0.4, 0.5) is 9.39 Å². The van der Waals surface area contributed by atoms with E-state index in [4.69, 9.17) is 4.74 Å². The lowest BCUT2D eigenvalue weighted by molar-refractivity contribution is -0.380. The number of nitrogens with zero attached hydrogens (tertiary/aromatic N) is 3. The van der Waals surface area contributed by atoms with Crippen LogP contribution in [0.5, 0.6) is 0 Å². The van der Waals surface area contributed by atoms with Gasteiger partial charge in [-0.2, -0.15) is 5.01 Å². The zero-order valence-corrected chi connectivity index (χ0v) is 12.6. The second kappa shape index (κ2) is 5.76. The van der Waals surface area contributed by atoms with Crippen LogP contribution in [-0.4, -0.2) is 21.7 Å². The Balaban J connectivity index is 1.91. The zero-order chi connectivity index (χ0) is 16.6. The maximum absolute atomic E-state index is 13.0. The number of thiophene rings is 1. The molecular formula is C14H10FN3O4S. The predicted octanol–water partition coefficient (Wildman–Crippen LogP) is 3.03. The molecule has 1 aliphatic rings.